The van der Waals surface area contributed by atoms with Gasteiger partial charge in [-0.3, -0.25) is 28.8 Å². The first kappa shape index (κ1) is 49.1. The van der Waals surface area contributed by atoms with Crippen LogP contribution >= 0.6 is 0 Å². The van der Waals surface area contributed by atoms with Gasteiger partial charge in [-0.25, -0.2) is 0 Å². The smallest absolute Gasteiger partial charge is 0.246 e. The van der Waals surface area contributed by atoms with Crippen LogP contribution in [0.3, 0.4) is 0 Å². The maximum Gasteiger partial charge on any atom is 0.246 e. The van der Waals surface area contributed by atoms with Crippen LogP contribution in [-0.2, 0) is 70.2 Å². The van der Waals surface area contributed by atoms with Gasteiger partial charge in [-0.05, 0) is 30.4 Å². The summed E-state index contributed by atoms with van der Waals surface area (Å²) < 4.78 is 31.9. The number of amides is 5. The lowest BCUT2D eigenvalue weighted by atomic mass is 9.90. The van der Waals surface area contributed by atoms with Crippen molar-refractivity contribution in [1.29, 1.82) is 0 Å². The van der Waals surface area contributed by atoms with Crippen molar-refractivity contribution in [2.24, 2.45) is 5.73 Å². The normalized spacial score (nSPS) is 14.0. The fourth-order valence-corrected chi connectivity index (χ4v) is 5.55. The van der Waals surface area contributed by atoms with Crippen LogP contribution in [0.15, 0.2) is 24.3 Å². The first-order chi connectivity index (χ1) is 27.7. The number of nitrogens with two attached hydrogens (primary N) is 1. The van der Waals surface area contributed by atoms with E-state index >= 15 is 0 Å². The summed E-state index contributed by atoms with van der Waals surface area (Å²) in [6.45, 7) is 7.47. The lowest BCUT2D eigenvalue weighted by molar-refractivity contribution is -0.142. The Morgan fingerprint density at radius 1 is 0.614 bits per heavy atom. The van der Waals surface area contributed by atoms with Gasteiger partial charge >= 0.3 is 0 Å². The first-order valence-electron chi connectivity index (χ1n) is 19.8. The summed E-state index contributed by atoms with van der Waals surface area (Å²) in [5.41, 5.74) is 8.38. The van der Waals surface area contributed by atoms with Gasteiger partial charge in [0.15, 0.2) is 5.78 Å². The molecule has 1 heterocycles. The number of ether oxygens (including phenoxy) is 6. The Hall–Kier alpha value is -4.04. The molecule has 0 spiro atoms. The molecule has 1 aromatic rings. The lowest BCUT2D eigenvalue weighted by Gasteiger charge is -2.37. The van der Waals surface area contributed by atoms with Crippen molar-refractivity contribution >= 4 is 35.3 Å². The average Bonchev–Trinajstić information content (AvgIpc) is 3.22. The lowest BCUT2D eigenvalue weighted by Crippen LogP contribution is -2.53. The van der Waals surface area contributed by atoms with E-state index in [4.69, 9.17) is 34.2 Å². The average molecular weight is 809 g/mol. The molecule has 0 bridgehead atoms. The number of hydrogen-bond donors (Lipinski definition) is 5. The number of benzene rings is 1. The zero-order chi connectivity index (χ0) is 41.5. The predicted octanol–water partition coefficient (Wildman–Crippen LogP) is -0.609. The third-order valence-corrected chi connectivity index (χ3v) is 8.68. The largest absolute Gasteiger partial charge is 0.377 e. The number of ketones is 1. The molecule has 0 saturated heterocycles. The second-order valence-corrected chi connectivity index (χ2v) is 13.1. The molecule has 1 aliphatic heterocycles. The Bertz CT molecular complexity index is 1350. The fourth-order valence-electron chi connectivity index (χ4n) is 5.55. The van der Waals surface area contributed by atoms with Gasteiger partial charge < -0.3 is 60.3 Å². The van der Waals surface area contributed by atoms with Crippen molar-refractivity contribution in [3.8, 4) is 0 Å². The molecule has 322 valence electrons. The van der Waals surface area contributed by atoms with Gasteiger partial charge in [-0.1, -0.05) is 38.1 Å². The Kier molecular flexibility index (Phi) is 26.7. The second kappa shape index (κ2) is 31.0. The summed E-state index contributed by atoms with van der Waals surface area (Å²) in [5, 5.41) is 10.8. The third kappa shape index (κ3) is 22.5. The molecular weight excluding hydrogens is 744 g/mol. The molecule has 1 aromatic carbocycles. The standard InChI is InChI=1S/C39H64N6O12/c1-3-34(46)33-25-30-9-5-6-10-31(30)26-45(33)39(51)32(40)11-7-8-12-41-36(48)27-55-22-20-53-17-14-43-38(50)29-57-24-21-54-18-15-44-37(49)28-56-23-19-52-16-13-42-35(47)4-2/h5-6,9-10,32-33H,3-4,7-8,11-29,40H2,1-2H3,(H,41,48)(H,42,47)(H,43,50)(H,44,49)/t32-,33-/m1/s1. The molecule has 0 radical (unpaired) electrons. The third-order valence-electron chi connectivity index (χ3n) is 8.68. The number of nitrogens with zero attached hydrogens (tertiary/aromatic N) is 1. The van der Waals surface area contributed by atoms with Crippen LogP contribution in [0, 0.1) is 0 Å². The minimum absolute atomic E-state index is 0.0293. The molecule has 0 aliphatic carbocycles. The van der Waals surface area contributed by atoms with E-state index < -0.39 is 12.1 Å². The molecule has 0 fully saturated rings. The molecule has 0 unspecified atom stereocenters. The van der Waals surface area contributed by atoms with E-state index in [0.29, 0.717) is 77.9 Å². The minimum atomic E-state index is -0.723. The molecule has 1 aliphatic rings. The van der Waals surface area contributed by atoms with E-state index in [1.165, 1.54) is 0 Å². The van der Waals surface area contributed by atoms with Crippen LogP contribution < -0.4 is 27.0 Å². The van der Waals surface area contributed by atoms with Gasteiger partial charge in [0.2, 0.25) is 29.5 Å². The van der Waals surface area contributed by atoms with Gasteiger partial charge in [-0.2, -0.15) is 0 Å². The molecule has 5 amide bonds. The number of Topliss-reactive ketones (excluding diaryl/α,β-unsaturated/α-hetero) is 1. The van der Waals surface area contributed by atoms with E-state index in [1.807, 2.05) is 24.3 Å². The maximum absolute atomic E-state index is 13.2. The molecule has 57 heavy (non-hydrogen) atoms. The van der Waals surface area contributed by atoms with Crippen LogP contribution in [0.1, 0.15) is 57.1 Å². The number of nitrogens with one attached hydrogen (secondary N) is 4. The van der Waals surface area contributed by atoms with E-state index in [2.05, 4.69) is 21.3 Å². The molecule has 2 rings (SSSR count). The quantitative estimate of drug-likeness (QED) is 0.0559. The van der Waals surface area contributed by atoms with Crippen molar-refractivity contribution in [1.82, 2.24) is 26.2 Å². The number of unbranched alkanes of at least 4 members (excludes halogenated alkanes) is 1. The zero-order valence-corrected chi connectivity index (χ0v) is 33.7. The summed E-state index contributed by atoms with van der Waals surface area (Å²) in [4.78, 5) is 74.3. The van der Waals surface area contributed by atoms with Gasteiger partial charge in [0.05, 0.1) is 71.5 Å². The monoisotopic (exact) mass is 808 g/mol. The number of hydrogen-bond acceptors (Lipinski definition) is 13. The molecule has 0 saturated carbocycles. The van der Waals surface area contributed by atoms with Gasteiger partial charge in [0.1, 0.15) is 19.8 Å². The van der Waals surface area contributed by atoms with Crippen LogP contribution in [0.4, 0.5) is 0 Å². The summed E-state index contributed by atoms with van der Waals surface area (Å²) in [5.74, 6) is -1.07. The summed E-state index contributed by atoms with van der Waals surface area (Å²) in [7, 11) is 0. The van der Waals surface area contributed by atoms with Gasteiger partial charge in [-0.15, -0.1) is 0 Å². The molecule has 2 atom stereocenters. The molecular formula is C39H64N6O12. The first-order valence-corrected chi connectivity index (χ1v) is 19.8. The van der Waals surface area contributed by atoms with E-state index in [0.717, 1.165) is 11.1 Å². The minimum Gasteiger partial charge on any atom is -0.377 e. The van der Waals surface area contributed by atoms with Crippen LogP contribution in [0.5, 0.6) is 0 Å². The highest BCUT2D eigenvalue weighted by Gasteiger charge is 2.35. The second-order valence-electron chi connectivity index (χ2n) is 13.1. The van der Waals surface area contributed by atoms with Gasteiger partial charge in [0, 0.05) is 52.0 Å². The zero-order valence-electron chi connectivity index (χ0n) is 33.7. The molecule has 18 nitrogen and oxygen atoms in total. The number of rotatable bonds is 33. The van der Waals surface area contributed by atoms with Gasteiger partial charge in [0.25, 0.3) is 0 Å². The van der Waals surface area contributed by atoms with Crippen LogP contribution in [0.2, 0.25) is 0 Å². The Morgan fingerprint density at radius 3 is 1.56 bits per heavy atom. The maximum atomic E-state index is 13.2. The number of carbonyl (C=O) groups excluding carboxylic acids is 6. The van der Waals surface area contributed by atoms with Crippen molar-refractivity contribution < 1.29 is 57.2 Å². The SMILES string of the molecule is CCC(=O)NCCOCCOCC(=O)NCCOCCOCC(=O)NCCOCCOCC(=O)NCCCC[C@@H](N)C(=O)N1Cc2ccccc2C[C@@H]1C(=O)CC. The van der Waals surface area contributed by atoms with Crippen molar-refractivity contribution in [3.05, 3.63) is 35.4 Å². The topological polar surface area (TPSA) is 235 Å². The van der Waals surface area contributed by atoms with Crippen molar-refractivity contribution in [3.63, 3.8) is 0 Å². The highest BCUT2D eigenvalue weighted by Crippen LogP contribution is 2.25. The van der Waals surface area contributed by atoms with E-state index in [1.54, 1.807) is 18.7 Å². The molecule has 6 N–H and O–H groups in total. The van der Waals surface area contributed by atoms with Crippen LogP contribution in [0.25, 0.3) is 0 Å². The molecule has 0 aromatic heterocycles. The Labute approximate surface area is 335 Å². The van der Waals surface area contributed by atoms with Crippen LogP contribution in [-0.4, -0.2) is 158 Å². The fraction of sp³-hybridized carbons (Fsp3) is 0.692. The predicted molar refractivity (Wildman–Crippen MR) is 209 cm³/mol. The summed E-state index contributed by atoms with van der Waals surface area (Å²) in [6.07, 6.45) is 3.01. The highest BCUT2D eigenvalue weighted by atomic mass is 16.5. The molecule has 18 heteroatoms. The number of carbonyl (C=O) groups is 6. The summed E-state index contributed by atoms with van der Waals surface area (Å²) in [6, 6.07) is 6.63. The Balaban J connectivity index is 1.35. The summed E-state index contributed by atoms with van der Waals surface area (Å²) >= 11 is 0. The van der Waals surface area contributed by atoms with Crippen molar-refractivity contribution in [2.75, 3.05) is 105 Å². The van der Waals surface area contributed by atoms with E-state index in [9.17, 15) is 28.8 Å². The number of fused-ring (bicyclic) bond motifs is 1. The van der Waals surface area contributed by atoms with Crippen molar-refractivity contribution in [2.45, 2.75) is 71.0 Å². The van der Waals surface area contributed by atoms with E-state index in [-0.39, 0.29) is 108 Å². The Morgan fingerprint density at radius 2 is 1.07 bits per heavy atom. The highest BCUT2D eigenvalue weighted by molar-refractivity contribution is 5.91.